The summed E-state index contributed by atoms with van der Waals surface area (Å²) in [6.45, 7) is 6.26. The number of nitrogens with zero attached hydrogens (tertiary/aromatic N) is 2. The molecule has 0 spiro atoms. The number of hydrogen-bond acceptors (Lipinski definition) is 3. The maximum absolute atomic E-state index is 12.9. The maximum atomic E-state index is 12.9. The van der Waals surface area contributed by atoms with Crippen LogP contribution in [-0.4, -0.2) is 25.2 Å². The van der Waals surface area contributed by atoms with E-state index in [2.05, 4.69) is 65.7 Å². The van der Waals surface area contributed by atoms with Crippen molar-refractivity contribution in [1.82, 2.24) is 5.43 Å². The fourth-order valence-corrected chi connectivity index (χ4v) is 4.46. The molecule has 0 aliphatic heterocycles. The molecule has 3 aromatic rings. The van der Waals surface area contributed by atoms with Crippen LogP contribution in [-0.2, 0) is 10.2 Å². The number of rotatable bonds is 8. The molecule has 1 aliphatic carbocycles. The molecule has 0 bridgehead atoms. The Labute approximate surface area is 184 Å². The van der Waals surface area contributed by atoms with Crippen LogP contribution >= 0.6 is 0 Å². The number of carbonyl (C=O) groups is 1. The number of hydrazone groups is 1. The summed E-state index contributed by atoms with van der Waals surface area (Å²) in [6.07, 6.45) is 2.50. The van der Waals surface area contributed by atoms with Gasteiger partial charge in [0.2, 0.25) is 5.91 Å². The van der Waals surface area contributed by atoms with Crippen molar-refractivity contribution in [3.63, 3.8) is 0 Å². The van der Waals surface area contributed by atoms with Crippen LogP contribution in [0.15, 0.2) is 90.0 Å². The van der Waals surface area contributed by atoms with Gasteiger partial charge in [-0.15, -0.1) is 0 Å². The SMILES string of the molecule is CCN(CC)c1ccc(/C=N\NC(=O)[C@@H]2CC2(c2ccccc2)c2ccccc2)cc1. The highest BCUT2D eigenvalue weighted by molar-refractivity contribution is 5.87. The number of amides is 1. The van der Waals surface area contributed by atoms with Crippen LogP contribution < -0.4 is 10.3 Å². The molecular weight excluding hydrogens is 382 g/mol. The maximum Gasteiger partial charge on any atom is 0.244 e. The highest BCUT2D eigenvalue weighted by atomic mass is 16.2. The van der Waals surface area contributed by atoms with Crippen LogP contribution in [0, 0.1) is 5.92 Å². The Bertz CT molecular complexity index is 986. The lowest BCUT2D eigenvalue weighted by Crippen LogP contribution is -2.25. The first-order chi connectivity index (χ1) is 15.2. The molecule has 0 radical (unpaired) electrons. The average Bonchev–Trinajstić information content (AvgIpc) is 3.59. The van der Waals surface area contributed by atoms with E-state index in [1.54, 1.807) is 6.21 Å². The Morgan fingerprint density at radius 2 is 1.48 bits per heavy atom. The van der Waals surface area contributed by atoms with Crippen LogP contribution in [0.2, 0.25) is 0 Å². The van der Waals surface area contributed by atoms with Gasteiger partial charge in [0.15, 0.2) is 0 Å². The minimum Gasteiger partial charge on any atom is -0.372 e. The molecule has 3 aromatic carbocycles. The summed E-state index contributed by atoms with van der Waals surface area (Å²) in [5.41, 5.74) is 7.01. The average molecular weight is 412 g/mol. The van der Waals surface area contributed by atoms with Crippen LogP contribution in [0.25, 0.3) is 0 Å². The molecule has 0 unspecified atom stereocenters. The van der Waals surface area contributed by atoms with Gasteiger partial charge in [-0.2, -0.15) is 5.10 Å². The smallest absolute Gasteiger partial charge is 0.244 e. The lowest BCUT2D eigenvalue weighted by molar-refractivity contribution is -0.122. The van der Waals surface area contributed by atoms with Gasteiger partial charge in [0.25, 0.3) is 0 Å². The van der Waals surface area contributed by atoms with Crippen molar-refractivity contribution in [2.75, 3.05) is 18.0 Å². The van der Waals surface area contributed by atoms with Crippen LogP contribution in [0.4, 0.5) is 5.69 Å². The van der Waals surface area contributed by atoms with E-state index in [0.29, 0.717) is 0 Å². The third-order valence-corrected chi connectivity index (χ3v) is 6.27. The Kier molecular flexibility index (Phi) is 6.17. The van der Waals surface area contributed by atoms with Gasteiger partial charge >= 0.3 is 0 Å². The lowest BCUT2D eigenvalue weighted by atomic mass is 9.85. The summed E-state index contributed by atoms with van der Waals surface area (Å²) in [7, 11) is 0. The number of carbonyl (C=O) groups excluding carboxylic acids is 1. The third kappa shape index (κ3) is 4.24. The molecule has 4 heteroatoms. The molecule has 1 fully saturated rings. The van der Waals surface area contributed by atoms with Gasteiger partial charge in [0.1, 0.15) is 0 Å². The molecule has 1 N–H and O–H groups in total. The van der Waals surface area contributed by atoms with E-state index >= 15 is 0 Å². The van der Waals surface area contributed by atoms with Gasteiger partial charge in [-0.3, -0.25) is 4.79 Å². The predicted octanol–water partition coefficient (Wildman–Crippen LogP) is 4.99. The van der Waals surface area contributed by atoms with Gasteiger partial charge in [0.05, 0.1) is 12.1 Å². The van der Waals surface area contributed by atoms with E-state index < -0.39 is 0 Å². The minimum atomic E-state index is -0.270. The highest BCUT2D eigenvalue weighted by Crippen LogP contribution is 2.58. The van der Waals surface area contributed by atoms with Crippen molar-refractivity contribution in [2.45, 2.75) is 25.7 Å². The van der Waals surface area contributed by atoms with E-state index in [9.17, 15) is 4.79 Å². The number of anilines is 1. The fourth-order valence-electron chi connectivity index (χ4n) is 4.46. The fraction of sp³-hybridized carbons (Fsp3) is 0.259. The van der Waals surface area contributed by atoms with Crippen LogP contribution in [0.1, 0.15) is 37.0 Å². The largest absolute Gasteiger partial charge is 0.372 e. The molecule has 1 aliphatic rings. The molecule has 0 aromatic heterocycles. The lowest BCUT2D eigenvalue weighted by Gasteiger charge is -2.20. The molecule has 4 rings (SSSR count). The second-order valence-corrected chi connectivity index (χ2v) is 7.96. The first-order valence-electron chi connectivity index (χ1n) is 11.0. The van der Waals surface area contributed by atoms with E-state index in [4.69, 9.17) is 0 Å². The van der Waals surface area contributed by atoms with Crippen molar-refractivity contribution >= 4 is 17.8 Å². The molecule has 1 atom stereocenters. The van der Waals surface area contributed by atoms with Crippen LogP contribution in [0.5, 0.6) is 0 Å². The zero-order chi connectivity index (χ0) is 21.7. The van der Waals surface area contributed by atoms with Crippen molar-refractivity contribution in [2.24, 2.45) is 11.0 Å². The molecular formula is C27H29N3O. The summed E-state index contributed by atoms with van der Waals surface area (Å²) in [5.74, 6) is -0.164. The third-order valence-electron chi connectivity index (χ3n) is 6.27. The Morgan fingerprint density at radius 1 is 0.935 bits per heavy atom. The molecule has 0 heterocycles. The van der Waals surface area contributed by atoms with E-state index in [-0.39, 0.29) is 17.2 Å². The molecule has 4 nitrogen and oxygen atoms in total. The highest BCUT2D eigenvalue weighted by Gasteiger charge is 2.60. The summed E-state index contributed by atoms with van der Waals surface area (Å²) < 4.78 is 0. The summed E-state index contributed by atoms with van der Waals surface area (Å²) >= 11 is 0. The summed E-state index contributed by atoms with van der Waals surface area (Å²) in [6, 6.07) is 28.8. The monoisotopic (exact) mass is 411 g/mol. The van der Waals surface area contributed by atoms with Crippen LogP contribution in [0.3, 0.4) is 0 Å². The normalized spacial score (nSPS) is 16.8. The second-order valence-electron chi connectivity index (χ2n) is 7.96. The summed E-state index contributed by atoms with van der Waals surface area (Å²) in [5, 5.41) is 4.23. The van der Waals surface area contributed by atoms with Crippen molar-refractivity contribution < 1.29 is 4.79 Å². The zero-order valence-corrected chi connectivity index (χ0v) is 18.2. The van der Waals surface area contributed by atoms with Crippen molar-refractivity contribution in [3.05, 3.63) is 102 Å². The minimum absolute atomic E-state index is 0.0382. The first-order valence-corrected chi connectivity index (χ1v) is 11.0. The number of hydrogen-bond donors (Lipinski definition) is 1. The molecule has 158 valence electrons. The van der Waals surface area contributed by atoms with Gasteiger partial charge in [-0.05, 0) is 49.1 Å². The van der Waals surface area contributed by atoms with E-state index in [1.165, 1.54) is 16.8 Å². The Morgan fingerprint density at radius 3 is 2.00 bits per heavy atom. The van der Waals surface area contributed by atoms with Gasteiger partial charge < -0.3 is 4.90 Å². The standard InChI is InChI=1S/C27H29N3O/c1-3-30(4-2)24-17-15-21(16-18-24)20-28-29-26(31)25-19-27(25,22-11-7-5-8-12-22)23-13-9-6-10-14-23/h5-18,20,25H,3-4,19H2,1-2H3,(H,29,31)/b28-20-/t25-/m0/s1. The van der Waals surface area contributed by atoms with E-state index in [1.807, 2.05) is 48.5 Å². The van der Waals surface area contributed by atoms with Gasteiger partial charge in [-0.1, -0.05) is 72.8 Å². The molecule has 1 saturated carbocycles. The van der Waals surface area contributed by atoms with Crippen molar-refractivity contribution in [1.29, 1.82) is 0 Å². The molecule has 31 heavy (non-hydrogen) atoms. The van der Waals surface area contributed by atoms with Gasteiger partial charge in [0, 0.05) is 24.2 Å². The zero-order valence-electron chi connectivity index (χ0n) is 18.2. The Hall–Kier alpha value is -3.40. The molecule has 0 saturated heterocycles. The topological polar surface area (TPSA) is 44.7 Å². The second kappa shape index (κ2) is 9.17. The molecule has 1 amide bonds. The number of benzene rings is 3. The predicted molar refractivity (Wildman–Crippen MR) is 128 cm³/mol. The Balaban J connectivity index is 1.45. The first kappa shape index (κ1) is 20.9. The van der Waals surface area contributed by atoms with Gasteiger partial charge in [-0.25, -0.2) is 5.43 Å². The van der Waals surface area contributed by atoms with Crippen molar-refractivity contribution in [3.8, 4) is 0 Å². The van der Waals surface area contributed by atoms with E-state index in [0.717, 1.165) is 25.1 Å². The number of nitrogens with one attached hydrogen (secondary N) is 1. The quantitative estimate of drug-likeness (QED) is 0.419. The summed E-state index contributed by atoms with van der Waals surface area (Å²) in [4.78, 5) is 15.2.